The fourth-order valence-corrected chi connectivity index (χ4v) is 2.92. The van der Waals surface area contributed by atoms with Gasteiger partial charge in [0.25, 0.3) is 0 Å². The van der Waals surface area contributed by atoms with Crippen molar-refractivity contribution < 1.29 is 18.3 Å². The molecular formula is C11H17NO4S. The van der Waals surface area contributed by atoms with Gasteiger partial charge in [-0.15, -0.1) is 0 Å². The summed E-state index contributed by atoms with van der Waals surface area (Å²) in [5, 5.41) is 7.57. The molecule has 0 saturated carbocycles. The highest BCUT2D eigenvalue weighted by Crippen LogP contribution is 2.27. The molecule has 0 radical (unpaired) electrons. The van der Waals surface area contributed by atoms with Gasteiger partial charge in [-0.25, -0.2) is 8.42 Å². The van der Waals surface area contributed by atoms with Gasteiger partial charge >= 0.3 is 0 Å². The van der Waals surface area contributed by atoms with Crippen molar-refractivity contribution in [2.24, 2.45) is 5.73 Å². The lowest BCUT2D eigenvalue weighted by atomic mass is 10.1. The Labute approximate surface area is 101 Å². The molecule has 0 fully saturated rings. The summed E-state index contributed by atoms with van der Waals surface area (Å²) in [6, 6.07) is 3.16. The van der Waals surface area contributed by atoms with E-state index in [1.807, 2.05) is 0 Å². The van der Waals surface area contributed by atoms with Crippen LogP contribution in [0, 0.1) is 13.8 Å². The number of nitrogens with two attached hydrogens (primary N) is 1. The fourth-order valence-electron chi connectivity index (χ4n) is 1.55. The summed E-state index contributed by atoms with van der Waals surface area (Å²) in [4.78, 5) is 0.136. The largest absolute Gasteiger partial charge is 0.496 e. The highest BCUT2D eigenvalue weighted by molar-refractivity contribution is 7.92. The van der Waals surface area contributed by atoms with Gasteiger partial charge in [-0.3, -0.25) is 0 Å². The fraction of sp³-hybridized carbons (Fsp3) is 0.455. The Morgan fingerprint density at radius 3 is 2.41 bits per heavy atom. The van der Waals surface area contributed by atoms with E-state index in [0.29, 0.717) is 16.9 Å². The molecular weight excluding hydrogens is 242 g/mol. The summed E-state index contributed by atoms with van der Waals surface area (Å²) in [5.41, 5.74) is 6.67. The second-order valence-corrected chi connectivity index (χ2v) is 5.99. The number of ether oxygens (including phenoxy) is 1. The van der Waals surface area contributed by atoms with Crippen LogP contribution in [0.5, 0.6) is 5.75 Å². The molecule has 0 aliphatic carbocycles. The van der Waals surface area contributed by atoms with Gasteiger partial charge in [-0.05, 0) is 37.1 Å². The van der Waals surface area contributed by atoms with E-state index in [0.717, 1.165) is 0 Å². The second-order valence-electron chi connectivity index (χ2n) is 3.85. The van der Waals surface area contributed by atoms with Crippen molar-refractivity contribution in [1.82, 2.24) is 0 Å². The van der Waals surface area contributed by atoms with Crippen molar-refractivity contribution in [2.75, 3.05) is 13.7 Å². The minimum atomic E-state index is -3.69. The molecule has 0 saturated heterocycles. The van der Waals surface area contributed by atoms with Crippen molar-refractivity contribution in [1.29, 1.82) is 0 Å². The van der Waals surface area contributed by atoms with E-state index in [4.69, 9.17) is 15.6 Å². The molecule has 6 heteroatoms. The first-order valence-electron chi connectivity index (χ1n) is 5.10. The number of hydrogen-bond acceptors (Lipinski definition) is 5. The van der Waals surface area contributed by atoms with Crippen molar-refractivity contribution >= 4 is 9.84 Å². The molecule has 5 nitrogen and oxygen atoms in total. The van der Waals surface area contributed by atoms with E-state index in [9.17, 15) is 8.42 Å². The third-order valence-electron chi connectivity index (χ3n) is 2.58. The Bertz CT molecular complexity index is 510. The van der Waals surface area contributed by atoms with Crippen LogP contribution < -0.4 is 10.5 Å². The Morgan fingerprint density at radius 1 is 1.35 bits per heavy atom. The number of sulfone groups is 1. The lowest BCUT2D eigenvalue weighted by molar-refractivity contribution is 0.292. The molecule has 1 aromatic carbocycles. The van der Waals surface area contributed by atoms with Gasteiger partial charge in [0.1, 0.15) is 11.1 Å². The van der Waals surface area contributed by atoms with Crippen LogP contribution >= 0.6 is 0 Å². The zero-order valence-corrected chi connectivity index (χ0v) is 10.9. The number of benzene rings is 1. The maximum atomic E-state index is 12.0. The molecule has 17 heavy (non-hydrogen) atoms. The third kappa shape index (κ3) is 2.59. The number of methoxy groups -OCH3 is 1. The number of aliphatic hydroxyl groups is 1. The van der Waals surface area contributed by atoms with Crippen molar-refractivity contribution in [3.8, 4) is 5.75 Å². The van der Waals surface area contributed by atoms with Gasteiger partial charge in [0.2, 0.25) is 0 Å². The van der Waals surface area contributed by atoms with E-state index in [2.05, 4.69) is 0 Å². The third-order valence-corrected chi connectivity index (χ3v) is 4.58. The lowest BCUT2D eigenvalue weighted by Crippen LogP contribution is -2.34. The molecule has 1 unspecified atom stereocenters. The number of aliphatic hydroxyl groups excluding tert-OH is 1. The summed E-state index contributed by atoms with van der Waals surface area (Å²) in [6.07, 6.45) is 0. The smallest absolute Gasteiger partial charge is 0.196 e. The molecule has 1 atom stereocenters. The minimum Gasteiger partial charge on any atom is -0.496 e. The van der Waals surface area contributed by atoms with Gasteiger partial charge in [-0.1, -0.05) is 0 Å². The van der Waals surface area contributed by atoms with Gasteiger partial charge in [-0.2, -0.15) is 0 Å². The Hall–Kier alpha value is -1.11. The highest BCUT2D eigenvalue weighted by atomic mass is 32.2. The van der Waals surface area contributed by atoms with Crippen LogP contribution in [0.3, 0.4) is 0 Å². The van der Waals surface area contributed by atoms with Crippen LogP contribution in [-0.4, -0.2) is 32.6 Å². The van der Waals surface area contributed by atoms with Gasteiger partial charge in [0.05, 0.1) is 18.6 Å². The lowest BCUT2D eigenvalue weighted by Gasteiger charge is -2.15. The Balaban J connectivity index is 3.39. The molecule has 0 spiro atoms. The summed E-state index contributed by atoms with van der Waals surface area (Å²) in [6.45, 7) is 2.81. The molecule has 0 aromatic heterocycles. The molecule has 1 aromatic rings. The Kier molecular flexibility index (Phi) is 4.13. The monoisotopic (exact) mass is 259 g/mol. The first-order valence-corrected chi connectivity index (χ1v) is 6.64. The standard InChI is InChI=1S/C11H17NO4S/c1-7-5-10(8(2)4-9(7)16-3)17(14,15)11(12)6-13/h4-5,11,13H,6,12H2,1-3H3. The normalized spacial score (nSPS) is 13.5. The maximum Gasteiger partial charge on any atom is 0.196 e. The zero-order valence-electron chi connectivity index (χ0n) is 10.1. The molecule has 3 N–H and O–H groups in total. The van der Waals surface area contributed by atoms with Crippen LogP contribution in [0.4, 0.5) is 0 Å². The van der Waals surface area contributed by atoms with Gasteiger partial charge in [0, 0.05) is 0 Å². The minimum absolute atomic E-state index is 0.136. The quantitative estimate of drug-likeness (QED) is 0.815. The first-order chi connectivity index (χ1) is 7.84. The van der Waals surface area contributed by atoms with E-state index in [-0.39, 0.29) is 4.90 Å². The van der Waals surface area contributed by atoms with E-state index >= 15 is 0 Å². The molecule has 0 amide bonds. The SMILES string of the molecule is COc1cc(C)c(S(=O)(=O)C(N)CO)cc1C. The molecule has 0 heterocycles. The van der Waals surface area contributed by atoms with E-state index in [1.54, 1.807) is 19.9 Å². The van der Waals surface area contributed by atoms with Crippen molar-refractivity contribution in [3.63, 3.8) is 0 Å². The van der Waals surface area contributed by atoms with E-state index in [1.165, 1.54) is 13.2 Å². The molecule has 0 aliphatic heterocycles. The number of hydrogen-bond donors (Lipinski definition) is 2. The summed E-state index contributed by atoms with van der Waals surface area (Å²) in [5.74, 6) is 0.624. The average Bonchev–Trinajstić information content (AvgIpc) is 2.30. The predicted molar refractivity (Wildman–Crippen MR) is 64.7 cm³/mol. The van der Waals surface area contributed by atoms with Crippen LogP contribution in [0.1, 0.15) is 11.1 Å². The first kappa shape index (κ1) is 14.0. The molecule has 96 valence electrons. The van der Waals surface area contributed by atoms with Crippen molar-refractivity contribution in [2.45, 2.75) is 24.1 Å². The number of rotatable bonds is 4. The zero-order chi connectivity index (χ0) is 13.2. The van der Waals surface area contributed by atoms with Gasteiger partial charge in [0.15, 0.2) is 9.84 Å². The van der Waals surface area contributed by atoms with Crippen LogP contribution in [0.15, 0.2) is 17.0 Å². The predicted octanol–water partition coefficient (Wildman–Crippen LogP) is 0.363. The summed E-state index contributed by atoms with van der Waals surface area (Å²) in [7, 11) is -2.17. The van der Waals surface area contributed by atoms with Crippen LogP contribution in [0.2, 0.25) is 0 Å². The average molecular weight is 259 g/mol. The van der Waals surface area contributed by atoms with Crippen molar-refractivity contribution in [3.05, 3.63) is 23.3 Å². The van der Waals surface area contributed by atoms with Crippen LogP contribution in [0.25, 0.3) is 0 Å². The summed E-state index contributed by atoms with van der Waals surface area (Å²) < 4.78 is 29.1. The van der Waals surface area contributed by atoms with E-state index < -0.39 is 21.8 Å². The molecule has 0 aliphatic rings. The second kappa shape index (κ2) is 5.03. The maximum absolute atomic E-state index is 12.0. The topological polar surface area (TPSA) is 89.6 Å². The molecule has 1 rings (SSSR count). The molecule has 0 bridgehead atoms. The van der Waals surface area contributed by atoms with Gasteiger partial charge < -0.3 is 15.6 Å². The van der Waals surface area contributed by atoms with Crippen LogP contribution in [-0.2, 0) is 9.84 Å². The highest BCUT2D eigenvalue weighted by Gasteiger charge is 2.25. The Morgan fingerprint density at radius 2 is 1.94 bits per heavy atom. The number of aryl methyl sites for hydroxylation is 2. The summed E-state index contributed by atoms with van der Waals surface area (Å²) >= 11 is 0.